The van der Waals surface area contributed by atoms with Gasteiger partial charge >= 0.3 is 12.1 Å². The number of halogens is 1. The lowest BCUT2D eigenvalue weighted by atomic mass is 10.0. The van der Waals surface area contributed by atoms with Crippen LogP contribution in [-0.4, -0.2) is 47.9 Å². The van der Waals surface area contributed by atoms with Crippen LogP contribution in [0, 0.1) is 0 Å². The molecule has 1 aromatic carbocycles. The number of amides is 1. The minimum Gasteiger partial charge on any atom is -0.512 e. The third-order valence-corrected chi connectivity index (χ3v) is 3.69. The monoisotopic (exact) mass is 337 g/mol. The van der Waals surface area contributed by atoms with Crippen LogP contribution in [0.1, 0.15) is 18.9 Å². The van der Waals surface area contributed by atoms with Gasteiger partial charge in [-0.3, -0.25) is 4.90 Å². The number of carbonyl (C=O) groups excluding carboxylic acids is 2. The number of hydrogen-bond acceptors (Lipinski definition) is 5. The summed E-state index contributed by atoms with van der Waals surface area (Å²) in [6.07, 6.45) is -0.888. The third-order valence-electron chi connectivity index (χ3n) is 3.69. The molecule has 130 valence electrons. The van der Waals surface area contributed by atoms with Gasteiger partial charge in [-0.25, -0.2) is 14.0 Å². The molecule has 0 saturated heterocycles. The van der Waals surface area contributed by atoms with Gasteiger partial charge < -0.3 is 14.6 Å². The van der Waals surface area contributed by atoms with Gasteiger partial charge in [0.2, 0.25) is 0 Å². The first-order chi connectivity index (χ1) is 11.6. The van der Waals surface area contributed by atoms with Gasteiger partial charge in [-0.1, -0.05) is 30.3 Å². The van der Waals surface area contributed by atoms with Crippen LogP contribution in [0.4, 0.5) is 9.18 Å². The molecule has 1 unspecified atom stereocenters. The SMILES string of the molecule is CCOC(=O)C1=C(O)CC(CF)N(C(=O)OCc2ccccc2)C1. The Morgan fingerprint density at radius 2 is 2.00 bits per heavy atom. The van der Waals surface area contributed by atoms with Crippen molar-refractivity contribution in [2.24, 2.45) is 0 Å². The van der Waals surface area contributed by atoms with Gasteiger partial charge in [-0.05, 0) is 12.5 Å². The van der Waals surface area contributed by atoms with E-state index in [-0.39, 0.29) is 37.5 Å². The molecule has 1 N–H and O–H groups in total. The molecule has 0 aliphatic carbocycles. The Morgan fingerprint density at radius 3 is 2.62 bits per heavy atom. The summed E-state index contributed by atoms with van der Waals surface area (Å²) in [5.41, 5.74) is 0.752. The van der Waals surface area contributed by atoms with Crippen LogP contribution in [-0.2, 0) is 20.9 Å². The summed E-state index contributed by atoms with van der Waals surface area (Å²) in [6.45, 7) is 0.724. The highest BCUT2D eigenvalue weighted by Crippen LogP contribution is 2.24. The molecule has 0 fully saturated rings. The van der Waals surface area contributed by atoms with E-state index >= 15 is 0 Å². The first kappa shape index (κ1) is 17.8. The van der Waals surface area contributed by atoms with Gasteiger partial charge in [0, 0.05) is 6.42 Å². The number of aliphatic hydroxyl groups excluding tert-OH is 1. The maximum atomic E-state index is 13.2. The molecule has 1 heterocycles. The van der Waals surface area contributed by atoms with Gasteiger partial charge in [0.05, 0.1) is 24.8 Å². The molecule has 0 bridgehead atoms. The summed E-state index contributed by atoms with van der Waals surface area (Å²) >= 11 is 0. The highest BCUT2D eigenvalue weighted by Gasteiger charge is 2.35. The second-order valence-corrected chi connectivity index (χ2v) is 5.33. The molecule has 0 saturated carbocycles. The number of carbonyl (C=O) groups is 2. The summed E-state index contributed by atoms with van der Waals surface area (Å²) < 4.78 is 23.2. The molecule has 0 aromatic heterocycles. The Balaban J connectivity index is 2.06. The molecule has 0 radical (unpaired) electrons. The van der Waals surface area contributed by atoms with E-state index in [0.717, 1.165) is 10.5 Å². The summed E-state index contributed by atoms with van der Waals surface area (Å²) in [7, 11) is 0. The molecule has 1 atom stereocenters. The lowest BCUT2D eigenvalue weighted by Crippen LogP contribution is -2.47. The fourth-order valence-electron chi connectivity index (χ4n) is 2.40. The number of benzene rings is 1. The van der Waals surface area contributed by atoms with Crippen LogP contribution in [0.25, 0.3) is 0 Å². The van der Waals surface area contributed by atoms with E-state index in [1.807, 2.05) is 18.2 Å². The highest BCUT2D eigenvalue weighted by atomic mass is 19.1. The first-order valence-electron chi connectivity index (χ1n) is 7.68. The summed E-state index contributed by atoms with van der Waals surface area (Å²) in [4.78, 5) is 25.2. The van der Waals surface area contributed by atoms with Crippen LogP contribution >= 0.6 is 0 Å². The Hall–Kier alpha value is -2.57. The Morgan fingerprint density at radius 1 is 1.29 bits per heavy atom. The predicted molar refractivity (Wildman–Crippen MR) is 84.0 cm³/mol. The summed E-state index contributed by atoms with van der Waals surface area (Å²) in [6, 6.07) is 8.19. The lowest BCUT2D eigenvalue weighted by Gasteiger charge is -2.33. The number of ether oxygens (including phenoxy) is 2. The largest absolute Gasteiger partial charge is 0.512 e. The van der Waals surface area contributed by atoms with Crippen molar-refractivity contribution in [2.45, 2.75) is 26.0 Å². The third kappa shape index (κ3) is 4.24. The molecule has 1 amide bonds. The normalized spacial score (nSPS) is 17.6. The van der Waals surface area contributed by atoms with E-state index in [1.165, 1.54) is 0 Å². The Bertz CT molecular complexity index is 617. The molecule has 7 heteroatoms. The molecule has 1 aliphatic rings. The van der Waals surface area contributed by atoms with Crippen molar-refractivity contribution in [3.05, 3.63) is 47.2 Å². The number of aliphatic hydroxyl groups is 1. The van der Waals surface area contributed by atoms with Crippen molar-refractivity contribution >= 4 is 12.1 Å². The van der Waals surface area contributed by atoms with Crippen molar-refractivity contribution in [2.75, 3.05) is 19.8 Å². The second-order valence-electron chi connectivity index (χ2n) is 5.33. The zero-order valence-electron chi connectivity index (χ0n) is 13.4. The van der Waals surface area contributed by atoms with Crippen LogP contribution in [0.15, 0.2) is 41.7 Å². The number of alkyl halides is 1. The van der Waals surface area contributed by atoms with Crippen molar-refractivity contribution in [1.29, 1.82) is 0 Å². The van der Waals surface area contributed by atoms with Crippen LogP contribution in [0.3, 0.4) is 0 Å². The molecule has 6 nitrogen and oxygen atoms in total. The predicted octanol–water partition coefficient (Wildman–Crippen LogP) is 2.74. The van der Waals surface area contributed by atoms with Gasteiger partial charge in [-0.15, -0.1) is 0 Å². The van der Waals surface area contributed by atoms with Gasteiger partial charge in [0.1, 0.15) is 19.0 Å². The zero-order valence-corrected chi connectivity index (χ0v) is 13.4. The van der Waals surface area contributed by atoms with Crippen molar-refractivity contribution in [3.8, 4) is 0 Å². The zero-order chi connectivity index (χ0) is 17.5. The van der Waals surface area contributed by atoms with E-state index in [0.29, 0.717) is 0 Å². The maximum absolute atomic E-state index is 13.2. The van der Waals surface area contributed by atoms with Gasteiger partial charge in [-0.2, -0.15) is 0 Å². The Labute approximate surface area is 139 Å². The second kappa shape index (κ2) is 8.33. The van der Waals surface area contributed by atoms with Gasteiger partial charge in [0.25, 0.3) is 0 Å². The topological polar surface area (TPSA) is 76.1 Å². The van der Waals surface area contributed by atoms with Crippen molar-refractivity contribution in [3.63, 3.8) is 0 Å². The molecule has 0 spiro atoms. The van der Waals surface area contributed by atoms with E-state index in [1.54, 1.807) is 19.1 Å². The smallest absolute Gasteiger partial charge is 0.410 e. The first-order valence-corrected chi connectivity index (χ1v) is 7.68. The fraction of sp³-hybridized carbons (Fsp3) is 0.412. The number of rotatable bonds is 5. The van der Waals surface area contributed by atoms with Gasteiger partial charge in [0.15, 0.2) is 0 Å². The van der Waals surface area contributed by atoms with E-state index in [2.05, 4.69) is 0 Å². The summed E-state index contributed by atoms with van der Waals surface area (Å²) in [5.74, 6) is -0.962. The number of esters is 1. The van der Waals surface area contributed by atoms with E-state index in [9.17, 15) is 19.1 Å². The molecular formula is C17H20FNO5. The standard InChI is InChI=1S/C17H20FNO5/c1-2-23-16(21)14-10-19(13(9-18)8-15(14)20)17(22)24-11-12-6-4-3-5-7-12/h3-7,13,20H,2,8-11H2,1H3. The quantitative estimate of drug-likeness (QED) is 0.836. The molecular weight excluding hydrogens is 317 g/mol. The number of nitrogens with zero attached hydrogens (tertiary/aromatic N) is 1. The minimum atomic E-state index is -0.869. The average Bonchev–Trinajstić information content (AvgIpc) is 2.60. The van der Waals surface area contributed by atoms with E-state index < -0.39 is 24.8 Å². The summed E-state index contributed by atoms with van der Waals surface area (Å²) in [5, 5.41) is 9.91. The molecule has 24 heavy (non-hydrogen) atoms. The average molecular weight is 337 g/mol. The van der Waals surface area contributed by atoms with Crippen molar-refractivity contribution < 1.29 is 28.6 Å². The van der Waals surface area contributed by atoms with Crippen LogP contribution < -0.4 is 0 Å². The van der Waals surface area contributed by atoms with E-state index in [4.69, 9.17) is 9.47 Å². The van der Waals surface area contributed by atoms with Crippen molar-refractivity contribution in [1.82, 2.24) is 4.90 Å². The minimum absolute atomic E-state index is 0.0413. The van der Waals surface area contributed by atoms with Crippen LogP contribution in [0.5, 0.6) is 0 Å². The lowest BCUT2D eigenvalue weighted by molar-refractivity contribution is -0.139. The van der Waals surface area contributed by atoms with Crippen LogP contribution in [0.2, 0.25) is 0 Å². The molecule has 1 aliphatic heterocycles. The maximum Gasteiger partial charge on any atom is 0.410 e. The fourth-order valence-corrected chi connectivity index (χ4v) is 2.40. The Kier molecular flexibility index (Phi) is 6.17. The molecule has 1 aromatic rings. The molecule has 2 rings (SSSR count). The highest BCUT2D eigenvalue weighted by molar-refractivity contribution is 5.90. The number of hydrogen-bond donors (Lipinski definition) is 1.